The molecule has 3 heteroatoms. The van der Waals surface area contributed by atoms with Crippen LogP contribution in [0.15, 0.2) is 0 Å². The van der Waals surface area contributed by atoms with E-state index in [1.165, 1.54) is 0 Å². The summed E-state index contributed by atoms with van der Waals surface area (Å²) in [7, 11) is 0. The van der Waals surface area contributed by atoms with Gasteiger partial charge in [-0.15, -0.1) is 0 Å². The van der Waals surface area contributed by atoms with Crippen molar-refractivity contribution in [1.82, 2.24) is 5.32 Å². The van der Waals surface area contributed by atoms with E-state index in [4.69, 9.17) is 5.11 Å². The molecule has 0 amide bonds. The van der Waals surface area contributed by atoms with E-state index in [1.807, 2.05) is 13.8 Å². The predicted molar refractivity (Wildman–Crippen MR) is 59.3 cm³/mol. The molecule has 0 radical (unpaired) electrons. The fourth-order valence-corrected chi connectivity index (χ4v) is 1.26. The fourth-order valence-electron chi connectivity index (χ4n) is 1.26. The van der Waals surface area contributed by atoms with Crippen molar-refractivity contribution in [3.8, 4) is 0 Å². The molecule has 3 nitrogen and oxygen atoms in total. The molecule has 0 aromatic rings. The van der Waals surface area contributed by atoms with E-state index < -0.39 is 0 Å². The van der Waals surface area contributed by atoms with Crippen molar-refractivity contribution >= 4 is 0 Å². The molecule has 0 saturated carbocycles. The van der Waals surface area contributed by atoms with Crippen LogP contribution in [0.25, 0.3) is 0 Å². The topological polar surface area (TPSA) is 52.5 Å². The van der Waals surface area contributed by atoms with E-state index in [-0.39, 0.29) is 24.2 Å². The molecule has 0 spiro atoms. The van der Waals surface area contributed by atoms with Gasteiger partial charge < -0.3 is 15.5 Å². The summed E-state index contributed by atoms with van der Waals surface area (Å²) in [6, 6.07) is 0. The maximum absolute atomic E-state index is 9.32. The van der Waals surface area contributed by atoms with Crippen LogP contribution in [0.2, 0.25) is 0 Å². The Kier molecular flexibility index (Phi) is 5.64. The lowest BCUT2D eigenvalue weighted by Crippen LogP contribution is -2.51. The molecule has 0 bridgehead atoms. The summed E-state index contributed by atoms with van der Waals surface area (Å²) in [4.78, 5) is 0. The number of hydrogen-bond acceptors (Lipinski definition) is 3. The maximum atomic E-state index is 9.32. The molecule has 0 aromatic carbocycles. The molecule has 0 aliphatic carbocycles. The first kappa shape index (κ1) is 13.9. The second-order valence-corrected chi connectivity index (χ2v) is 4.82. The highest BCUT2D eigenvalue weighted by molar-refractivity contribution is 4.87. The standard InChI is InChI=1S/C11H25NO2/c1-5-11(6-2,9-14)12-7-10(3,4)8-13/h12-14H,5-9H2,1-4H3. The maximum Gasteiger partial charge on any atom is 0.0613 e. The van der Waals surface area contributed by atoms with Gasteiger partial charge in [0.05, 0.1) is 6.61 Å². The lowest BCUT2D eigenvalue weighted by Gasteiger charge is -2.35. The number of nitrogens with one attached hydrogen (secondary N) is 1. The quantitative estimate of drug-likeness (QED) is 0.582. The monoisotopic (exact) mass is 203 g/mol. The Morgan fingerprint density at radius 2 is 1.50 bits per heavy atom. The Labute approximate surface area is 87.5 Å². The van der Waals surface area contributed by atoms with Crippen LogP contribution in [0.5, 0.6) is 0 Å². The summed E-state index contributed by atoms with van der Waals surface area (Å²) in [6.07, 6.45) is 1.81. The van der Waals surface area contributed by atoms with E-state index >= 15 is 0 Å². The molecule has 0 heterocycles. The highest BCUT2D eigenvalue weighted by Crippen LogP contribution is 2.18. The summed E-state index contributed by atoms with van der Waals surface area (Å²) in [5.74, 6) is 0. The van der Waals surface area contributed by atoms with E-state index in [1.54, 1.807) is 0 Å². The molecule has 0 aliphatic rings. The summed E-state index contributed by atoms with van der Waals surface area (Å²) in [5.41, 5.74) is -0.294. The van der Waals surface area contributed by atoms with Crippen molar-refractivity contribution in [3.63, 3.8) is 0 Å². The zero-order chi connectivity index (χ0) is 11.2. The van der Waals surface area contributed by atoms with E-state index in [0.29, 0.717) is 0 Å². The minimum absolute atomic E-state index is 0.120. The molecule has 0 rings (SSSR count). The van der Waals surface area contributed by atoms with Gasteiger partial charge in [0.25, 0.3) is 0 Å². The molecule has 0 saturated heterocycles. The van der Waals surface area contributed by atoms with Crippen LogP contribution in [-0.2, 0) is 0 Å². The fraction of sp³-hybridized carbons (Fsp3) is 1.00. The minimum Gasteiger partial charge on any atom is -0.396 e. The molecular formula is C11H25NO2. The molecule has 3 N–H and O–H groups in total. The second kappa shape index (κ2) is 5.69. The van der Waals surface area contributed by atoms with E-state index in [0.717, 1.165) is 19.4 Å². The summed E-state index contributed by atoms with van der Waals surface area (Å²) < 4.78 is 0. The Hall–Kier alpha value is -0.120. The third-order valence-electron chi connectivity index (χ3n) is 3.03. The zero-order valence-electron chi connectivity index (χ0n) is 9.93. The average molecular weight is 203 g/mol. The normalized spacial score (nSPS) is 13.3. The van der Waals surface area contributed by atoms with Gasteiger partial charge in [0.1, 0.15) is 0 Å². The SMILES string of the molecule is CCC(CC)(CO)NCC(C)(C)CO. The molecule has 14 heavy (non-hydrogen) atoms. The Morgan fingerprint density at radius 1 is 1.00 bits per heavy atom. The van der Waals surface area contributed by atoms with Crippen LogP contribution >= 0.6 is 0 Å². The molecule has 0 aliphatic heterocycles. The van der Waals surface area contributed by atoms with Crippen LogP contribution in [0, 0.1) is 5.41 Å². The van der Waals surface area contributed by atoms with Crippen molar-refractivity contribution in [2.45, 2.75) is 46.1 Å². The van der Waals surface area contributed by atoms with Gasteiger partial charge in [-0.1, -0.05) is 27.7 Å². The van der Waals surface area contributed by atoms with Gasteiger partial charge in [0.15, 0.2) is 0 Å². The average Bonchev–Trinajstić information content (AvgIpc) is 2.21. The molecule has 0 atom stereocenters. The van der Waals surface area contributed by atoms with Crippen LogP contribution in [-0.4, -0.2) is 35.5 Å². The number of aliphatic hydroxyl groups is 2. The Balaban J connectivity index is 4.19. The predicted octanol–water partition coefficient (Wildman–Crippen LogP) is 1.15. The highest BCUT2D eigenvalue weighted by Gasteiger charge is 2.27. The Bertz CT molecular complexity index is 145. The molecular weight excluding hydrogens is 178 g/mol. The number of hydrogen-bond donors (Lipinski definition) is 3. The van der Waals surface area contributed by atoms with Crippen LogP contribution in [0.4, 0.5) is 0 Å². The van der Waals surface area contributed by atoms with Crippen molar-refractivity contribution in [2.24, 2.45) is 5.41 Å². The van der Waals surface area contributed by atoms with Gasteiger partial charge in [-0.2, -0.15) is 0 Å². The van der Waals surface area contributed by atoms with Gasteiger partial charge in [0, 0.05) is 24.1 Å². The molecule has 0 fully saturated rings. The number of rotatable bonds is 7. The third-order valence-corrected chi connectivity index (χ3v) is 3.03. The highest BCUT2D eigenvalue weighted by atomic mass is 16.3. The van der Waals surface area contributed by atoms with Gasteiger partial charge in [-0.3, -0.25) is 0 Å². The molecule has 86 valence electrons. The third kappa shape index (κ3) is 3.95. The van der Waals surface area contributed by atoms with Crippen molar-refractivity contribution < 1.29 is 10.2 Å². The zero-order valence-corrected chi connectivity index (χ0v) is 9.93. The molecule has 0 unspecified atom stereocenters. The first-order valence-electron chi connectivity index (χ1n) is 5.42. The van der Waals surface area contributed by atoms with Crippen LogP contribution < -0.4 is 5.32 Å². The van der Waals surface area contributed by atoms with Crippen LogP contribution in [0.3, 0.4) is 0 Å². The van der Waals surface area contributed by atoms with Gasteiger partial charge in [-0.05, 0) is 12.8 Å². The van der Waals surface area contributed by atoms with Gasteiger partial charge in [-0.25, -0.2) is 0 Å². The van der Waals surface area contributed by atoms with Crippen molar-refractivity contribution in [1.29, 1.82) is 0 Å². The first-order chi connectivity index (χ1) is 6.45. The summed E-state index contributed by atoms with van der Waals surface area (Å²) >= 11 is 0. The molecule has 0 aromatic heterocycles. The summed E-state index contributed by atoms with van der Waals surface area (Å²) in [6.45, 7) is 9.19. The lowest BCUT2D eigenvalue weighted by atomic mass is 9.89. The first-order valence-corrected chi connectivity index (χ1v) is 5.42. The second-order valence-electron chi connectivity index (χ2n) is 4.82. The van der Waals surface area contributed by atoms with E-state index in [2.05, 4.69) is 19.2 Å². The van der Waals surface area contributed by atoms with Crippen molar-refractivity contribution in [3.05, 3.63) is 0 Å². The number of aliphatic hydroxyl groups excluding tert-OH is 2. The minimum atomic E-state index is -0.174. The largest absolute Gasteiger partial charge is 0.396 e. The smallest absolute Gasteiger partial charge is 0.0613 e. The van der Waals surface area contributed by atoms with Crippen molar-refractivity contribution in [2.75, 3.05) is 19.8 Å². The van der Waals surface area contributed by atoms with Crippen LogP contribution in [0.1, 0.15) is 40.5 Å². The van der Waals surface area contributed by atoms with Gasteiger partial charge in [0.2, 0.25) is 0 Å². The van der Waals surface area contributed by atoms with Gasteiger partial charge >= 0.3 is 0 Å². The van der Waals surface area contributed by atoms with E-state index in [9.17, 15) is 5.11 Å². The Morgan fingerprint density at radius 3 is 1.79 bits per heavy atom. The summed E-state index contributed by atoms with van der Waals surface area (Å²) in [5, 5.41) is 21.8. The lowest BCUT2D eigenvalue weighted by molar-refractivity contribution is 0.108.